The highest BCUT2D eigenvalue weighted by Crippen LogP contribution is 2.19. The molecule has 102 valence electrons. The Kier molecular flexibility index (Phi) is 6.47. The number of piperidine rings is 1. The number of rotatable bonds is 4. The van der Waals surface area contributed by atoms with E-state index in [2.05, 4.69) is 17.0 Å². The molecule has 0 aromatic heterocycles. The lowest BCUT2D eigenvalue weighted by molar-refractivity contribution is 0.180. The number of likely N-dealkylation sites (tertiary alicyclic amines) is 1. The summed E-state index contributed by atoms with van der Waals surface area (Å²) in [5, 5.41) is 0. The second-order valence-corrected chi connectivity index (χ2v) is 4.80. The van der Waals surface area contributed by atoms with Crippen LogP contribution in [0.1, 0.15) is 18.4 Å². The van der Waals surface area contributed by atoms with Crippen molar-refractivity contribution >= 4 is 12.4 Å². The van der Waals surface area contributed by atoms with Gasteiger partial charge in [-0.15, -0.1) is 12.4 Å². The van der Waals surface area contributed by atoms with Gasteiger partial charge in [-0.1, -0.05) is 12.1 Å². The minimum Gasteiger partial charge on any atom is -0.497 e. The van der Waals surface area contributed by atoms with Gasteiger partial charge in [0, 0.05) is 6.54 Å². The number of hydrogen-bond acceptors (Lipinski definition) is 3. The van der Waals surface area contributed by atoms with Gasteiger partial charge >= 0.3 is 0 Å². The summed E-state index contributed by atoms with van der Waals surface area (Å²) in [7, 11) is 1.70. The van der Waals surface area contributed by atoms with Crippen LogP contribution in [-0.4, -0.2) is 31.6 Å². The van der Waals surface area contributed by atoms with Gasteiger partial charge in [0.15, 0.2) is 0 Å². The van der Waals surface area contributed by atoms with E-state index in [0.29, 0.717) is 0 Å². The van der Waals surface area contributed by atoms with Gasteiger partial charge in [-0.3, -0.25) is 4.90 Å². The van der Waals surface area contributed by atoms with E-state index in [1.807, 2.05) is 12.1 Å². The van der Waals surface area contributed by atoms with Gasteiger partial charge in [0.2, 0.25) is 0 Å². The summed E-state index contributed by atoms with van der Waals surface area (Å²) in [6.07, 6.45) is 2.49. The average molecular weight is 271 g/mol. The zero-order chi connectivity index (χ0) is 12.1. The molecule has 3 nitrogen and oxygen atoms in total. The molecule has 1 aromatic rings. The maximum atomic E-state index is 5.70. The Hall–Kier alpha value is -0.770. The number of ether oxygens (including phenoxy) is 1. The molecule has 0 atom stereocenters. The van der Waals surface area contributed by atoms with Crippen LogP contribution in [0.3, 0.4) is 0 Å². The van der Waals surface area contributed by atoms with Gasteiger partial charge in [0.25, 0.3) is 0 Å². The van der Waals surface area contributed by atoms with Crippen LogP contribution < -0.4 is 10.5 Å². The van der Waals surface area contributed by atoms with Gasteiger partial charge < -0.3 is 10.5 Å². The van der Waals surface area contributed by atoms with Crippen molar-refractivity contribution in [1.29, 1.82) is 0 Å². The molecule has 1 aliphatic heterocycles. The van der Waals surface area contributed by atoms with Crippen molar-refractivity contribution in [3.63, 3.8) is 0 Å². The molecule has 0 spiro atoms. The van der Waals surface area contributed by atoms with E-state index in [-0.39, 0.29) is 12.4 Å². The monoisotopic (exact) mass is 270 g/mol. The number of benzene rings is 1. The van der Waals surface area contributed by atoms with Crippen LogP contribution in [0, 0.1) is 5.92 Å². The third-order valence-corrected chi connectivity index (χ3v) is 3.61. The van der Waals surface area contributed by atoms with Crippen LogP contribution in [-0.2, 0) is 6.54 Å². The summed E-state index contributed by atoms with van der Waals surface area (Å²) in [6, 6.07) is 8.35. The minimum atomic E-state index is 0. The van der Waals surface area contributed by atoms with Crippen LogP contribution in [0.25, 0.3) is 0 Å². The van der Waals surface area contributed by atoms with Crippen LogP contribution in [0.4, 0.5) is 0 Å². The molecular formula is C14H23ClN2O. The molecule has 2 N–H and O–H groups in total. The topological polar surface area (TPSA) is 38.5 Å². The lowest BCUT2D eigenvalue weighted by Gasteiger charge is -2.31. The lowest BCUT2D eigenvalue weighted by Crippen LogP contribution is -2.35. The maximum absolute atomic E-state index is 5.70. The molecular weight excluding hydrogens is 248 g/mol. The number of halogens is 1. The van der Waals surface area contributed by atoms with Crippen molar-refractivity contribution in [2.24, 2.45) is 11.7 Å². The van der Waals surface area contributed by atoms with Crippen LogP contribution in [0.2, 0.25) is 0 Å². The quantitative estimate of drug-likeness (QED) is 0.912. The Labute approximate surface area is 116 Å². The van der Waals surface area contributed by atoms with E-state index in [1.54, 1.807) is 7.11 Å². The van der Waals surface area contributed by atoms with E-state index in [4.69, 9.17) is 10.5 Å². The van der Waals surface area contributed by atoms with Gasteiger partial charge in [-0.25, -0.2) is 0 Å². The summed E-state index contributed by atoms with van der Waals surface area (Å²) >= 11 is 0. The smallest absolute Gasteiger partial charge is 0.118 e. The number of nitrogens with zero attached hydrogens (tertiary/aromatic N) is 1. The molecule has 2 rings (SSSR count). The number of methoxy groups -OCH3 is 1. The average Bonchev–Trinajstić information content (AvgIpc) is 2.40. The first-order valence-electron chi connectivity index (χ1n) is 6.37. The van der Waals surface area contributed by atoms with E-state index in [1.165, 1.54) is 31.5 Å². The van der Waals surface area contributed by atoms with E-state index >= 15 is 0 Å². The van der Waals surface area contributed by atoms with Crippen LogP contribution in [0.15, 0.2) is 24.3 Å². The Bertz CT molecular complexity index is 334. The minimum absolute atomic E-state index is 0. The Morgan fingerprint density at radius 2 is 1.83 bits per heavy atom. The maximum Gasteiger partial charge on any atom is 0.118 e. The van der Waals surface area contributed by atoms with E-state index in [9.17, 15) is 0 Å². The SMILES string of the molecule is COc1ccc(CN2CCC(CN)CC2)cc1.Cl. The molecule has 1 fully saturated rings. The summed E-state index contributed by atoms with van der Waals surface area (Å²) in [5.41, 5.74) is 7.06. The first-order valence-corrected chi connectivity index (χ1v) is 6.37. The van der Waals surface area contributed by atoms with E-state index in [0.717, 1.165) is 24.8 Å². The molecule has 1 heterocycles. The number of hydrogen-bond donors (Lipinski definition) is 1. The third kappa shape index (κ3) is 4.16. The summed E-state index contributed by atoms with van der Waals surface area (Å²) < 4.78 is 5.16. The molecule has 1 aliphatic rings. The van der Waals surface area contributed by atoms with Crippen molar-refractivity contribution in [2.75, 3.05) is 26.7 Å². The summed E-state index contributed by atoms with van der Waals surface area (Å²) in [5.74, 6) is 1.66. The van der Waals surface area contributed by atoms with Gasteiger partial charge in [0.1, 0.15) is 5.75 Å². The Balaban J connectivity index is 0.00000162. The second kappa shape index (κ2) is 7.62. The van der Waals surface area contributed by atoms with Gasteiger partial charge in [-0.05, 0) is 56.1 Å². The Morgan fingerprint density at radius 3 is 2.33 bits per heavy atom. The molecule has 4 heteroatoms. The molecule has 0 amide bonds. The van der Waals surface area contributed by atoms with Crippen molar-refractivity contribution in [2.45, 2.75) is 19.4 Å². The zero-order valence-corrected chi connectivity index (χ0v) is 11.8. The van der Waals surface area contributed by atoms with Gasteiger partial charge in [-0.2, -0.15) is 0 Å². The largest absolute Gasteiger partial charge is 0.497 e. The first kappa shape index (κ1) is 15.3. The van der Waals surface area contributed by atoms with Crippen molar-refractivity contribution < 1.29 is 4.74 Å². The lowest BCUT2D eigenvalue weighted by atomic mass is 9.97. The predicted octanol–water partition coefficient (Wildman–Crippen LogP) is 2.29. The predicted molar refractivity (Wildman–Crippen MR) is 77.3 cm³/mol. The Morgan fingerprint density at radius 1 is 1.22 bits per heavy atom. The summed E-state index contributed by atoms with van der Waals surface area (Å²) in [6.45, 7) is 4.24. The molecule has 0 saturated carbocycles. The van der Waals surface area contributed by atoms with Crippen LogP contribution >= 0.6 is 12.4 Å². The van der Waals surface area contributed by atoms with Crippen molar-refractivity contribution in [1.82, 2.24) is 4.90 Å². The standard InChI is InChI=1S/C14H22N2O.ClH/c1-17-14-4-2-13(3-5-14)11-16-8-6-12(10-15)7-9-16;/h2-5,12H,6-11,15H2,1H3;1H. The fourth-order valence-electron chi connectivity index (χ4n) is 2.37. The van der Waals surface area contributed by atoms with Crippen molar-refractivity contribution in [3.05, 3.63) is 29.8 Å². The molecule has 18 heavy (non-hydrogen) atoms. The molecule has 1 saturated heterocycles. The van der Waals surface area contributed by atoms with Crippen LogP contribution in [0.5, 0.6) is 5.75 Å². The third-order valence-electron chi connectivity index (χ3n) is 3.61. The molecule has 0 radical (unpaired) electrons. The highest BCUT2D eigenvalue weighted by Gasteiger charge is 2.17. The summed E-state index contributed by atoms with van der Waals surface area (Å²) in [4.78, 5) is 2.51. The first-order chi connectivity index (χ1) is 8.31. The van der Waals surface area contributed by atoms with Crippen molar-refractivity contribution in [3.8, 4) is 5.75 Å². The van der Waals surface area contributed by atoms with E-state index < -0.39 is 0 Å². The normalized spacial score (nSPS) is 17.2. The molecule has 0 aliphatic carbocycles. The highest BCUT2D eigenvalue weighted by molar-refractivity contribution is 5.85. The van der Waals surface area contributed by atoms with Gasteiger partial charge in [0.05, 0.1) is 7.11 Å². The molecule has 0 unspecified atom stereocenters. The number of nitrogens with two attached hydrogens (primary N) is 1. The fourth-order valence-corrected chi connectivity index (χ4v) is 2.37. The zero-order valence-electron chi connectivity index (χ0n) is 11.0. The molecule has 0 bridgehead atoms. The second-order valence-electron chi connectivity index (χ2n) is 4.80. The fraction of sp³-hybridized carbons (Fsp3) is 0.571. The highest BCUT2D eigenvalue weighted by atomic mass is 35.5. The molecule has 1 aromatic carbocycles.